The van der Waals surface area contributed by atoms with Crippen LogP contribution in [0.1, 0.15) is 12.8 Å². The van der Waals surface area contributed by atoms with E-state index in [9.17, 15) is 4.79 Å². The highest BCUT2D eigenvalue weighted by Crippen LogP contribution is 2.21. The van der Waals surface area contributed by atoms with Gasteiger partial charge in [-0.05, 0) is 37.6 Å². The minimum absolute atomic E-state index is 0. The second-order valence-corrected chi connectivity index (χ2v) is 5.00. The van der Waals surface area contributed by atoms with E-state index in [2.05, 4.69) is 15.7 Å². The molecule has 1 fully saturated rings. The molecule has 2 N–H and O–H groups in total. The van der Waals surface area contributed by atoms with Crippen molar-refractivity contribution < 1.29 is 4.79 Å². The standard InChI is InChI=1S/C15H18N4O.ClH/c20-15(12-5-3-8-16-11-12)18-13-6-1-2-7-14(13)19-10-4-9-17-19;/h1-2,4,6-7,9-10,12,16H,3,5,8,11H2,(H,18,20);1H. The molecule has 6 heteroatoms. The highest BCUT2D eigenvalue weighted by molar-refractivity contribution is 5.94. The molecule has 0 aliphatic carbocycles. The topological polar surface area (TPSA) is 59.0 Å². The predicted octanol–water partition coefficient (Wildman–Crippen LogP) is 2.23. The van der Waals surface area contributed by atoms with Crippen LogP contribution in [0.15, 0.2) is 42.7 Å². The number of para-hydroxylation sites is 2. The predicted molar refractivity (Wildman–Crippen MR) is 85.0 cm³/mol. The van der Waals surface area contributed by atoms with Crippen LogP contribution < -0.4 is 10.6 Å². The van der Waals surface area contributed by atoms with Gasteiger partial charge in [0.15, 0.2) is 0 Å². The molecule has 1 amide bonds. The Morgan fingerprint density at radius 3 is 2.90 bits per heavy atom. The number of anilines is 1. The first-order valence-corrected chi connectivity index (χ1v) is 6.95. The molecule has 21 heavy (non-hydrogen) atoms. The Balaban J connectivity index is 0.00000161. The lowest BCUT2D eigenvalue weighted by Crippen LogP contribution is -2.37. The quantitative estimate of drug-likeness (QED) is 0.914. The number of hydrogen-bond acceptors (Lipinski definition) is 3. The zero-order valence-corrected chi connectivity index (χ0v) is 12.5. The van der Waals surface area contributed by atoms with Gasteiger partial charge in [-0.1, -0.05) is 12.1 Å². The molecule has 1 aliphatic heterocycles. The van der Waals surface area contributed by atoms with Crippen molar-refractivity contribution in [2.45, 2.75) is 12.8 Å². The second kappa shape index (κ2) is 7.24. The number of benzene rings is 1. The summed E-state index contributed by atoms with van der Waals surface area (Å²) in [7, 11) is 0. The summed E-state index contributed by atoms with van der Waals surface area (Å²) < 4.78 is 1.76. The number of carbonyl (C=O) groups is 1. The third-order valence-electron chi connectivity index (χ3n) is 3.58. The van der Waals surface area contributed by atoms with Gasteiger partial charge < -0.3 is 10.6 Å². The average Bonchev–Trinajstić information content (AvgIpc) is 3.03. The van der Waals surface area contributed by atoms with E-state index in [1.54, 1.807) is 10.9 Å². The molecule has 112 valence electrons. The molecule has 1 atom stereocenters. The van der Waals surface area contributed by atoms with Gasteiger partial charge in [0.25, 0.3) is 0 Å². The molecule has 5 nitrogen and oxygen atoms in total. The van der Waals surface area contributed by atoms with Gasteiger partial charge in [0.1, 0.15) is 0 Å². The van der Waals surface area contributed by atoms with E-state index in [-0.39, 0.29) is 24.2 Å². The van der Waals surface area contributed by atoms with Crippen LogP contribution >= 0.6 is 12.4 Å². The minimum atomic E-state index is 0. The second-order valence-electron chi connectivity index (χ2n) is 5.00. The monoisotopic (exact) mass is 306 g/mol. The van der Waals surface area contributed by atoms with Crippen molar-refractivity contribution in [3.05, 3.63) is 42.7 Å². The van der Waals surface area contributed by atoms with Gasteiger partial charge in [-0.15, -0.1) is 12.4 Å². The first kappa shape index (κ1) is 15.5. The van der Waals surface area contributed by atoms with E-state index < -0.39 is 0 Å². The fourth-order valence-electron chi connectivity index (χ4n) is 2.50. The third-order valence-corrected chi connectivity index (χ3v) is 3.58. The number of piperidine rings is 1. The summed E-state index contributed by atoms with van der Waals surface area (Å²) >= 11 is 0. The van der Waals surface area contributed by atoms with Gasteiger partial charge in [-0.25, -0.2) is 4.68 Å². The number of hydrogen-bond donors (Lipinski definition) is 2. The molecule has 0 bridgehead atoms. The van der Waals surface area contributed by atoms with E-state index in [1.165, 1.54) is 0 Å². The molecule has 1 aliphatic rings. The van der Waals surface area contributed by atoms with Crippen molar-refractivity contribution in [3.63, 3.8) is 0 Å². The van der Waals surface area contributed by atoms with Crippen LogP contribution in [0.2, 0.25) is 0 Å². The van der Waals surface area contributed by atoms with Crippen molar-refractivity contribution in [1.82, 2.24) is 15.1 Å². The van der Waals surface area contributed by atoms with Crippen molar-refractivity contribution in [3.8, 4) is 5.69 Å². The SMILES string of the molecule is Cl.O=C(Nc1ccccc1-n1cccn1)C1CCCNC1. The fourth-order valence-corrected chi connectivity index (χ4v) is 2.50. The van der Waals surface area contributed by atoms with E-state index in [0.717, 1.165) is 37.3 Å². The Morgan fingerprint density at radius 1 is 1.33 bits per heavy atom. The van der Waals surface area contributed by atoms with Crippen LogP contribution in [0.3, 0.4) is 0 Å². The normalized spacial score (nSPS) is 17.8. The first-order chi connectivity index (χ1) is 9.84. The molecule has 1 aromatic heterocycles. The highest BCUT2D eigenvalue weighted by Gasteiger charge is 2.21. The van der Waals surface area contributed by atoms with Crippen molar-refractivity contribution >= 4 is 24.0 Å². The average molecular weight is 307 g/mol. The Labute approximate surface area is 130 Å². The van der Waals surface area contributed by atoms with Gasteiger partial charge in [0.2, 0.25) is 5.91 Å². The maximum absolute atomic E-state index is 12.3. The van der Waals surface area contributed by atoms with E-state index >= 15 is 0 Å². The largest absolute Gasteiger partial charge is 0.324 e. The first-order valence-electron chi connectivity index (χ1n) is 6.95. The summed E-state index contributed by atoms with van der Waals surface area (Å²) in [6, 6.07) is 9.58. The molecule has 1 aromatic carbocycles. The van der Waals surface area contributed by atoms with Crippen molar-refractivity contribution in [2.75, 3.05) is 18.4 Å². The fraction of sp³-hybridized carbons (Fsp3) is 0.333. The van der Waals surface area contributed by atoms with Gasteiger partial charge >= 0.3 is 0 Å². The zero-order valence-electron chi connectivity index (χ0n) is 11.7. The molecule has 0 spiro atoms. The summed E-state index contributed by atoms with van der Waals surface area (Å²) in [5, 5.41) is 10.5. The van der Waals surface area contributed by atoms with E-state index in [1.807, 2.05) is 36.5 Å². The summed E-state index contributed by atoms with van der Waals surface area (Å²) in [4.78, 5) is 12.3. The van der Waals surface area contributed by atoms with Crippen molar-refractivity contribution in [2.24, 2.45) is 5.92 Å². The number of carbonyl (C=O) groups excluding carboxylic acids is 1. The number of halogens is 1. The Hall–Kier alpha value is -1.85. The van der Waals surface area contributed by atoms with Crippen LogP contribution in [0.5, 0.6) is 0 Å². The molecule has 2 aromatic rings. The lowest BCUT2D eigenvalue weighted by Gasteiger charge is -2.22. The molecular weight excluding hydrogens is 288 g/mol. The summed E-state index contributed by atoms with van der Waals surface area (Å²) in [5.41, 5.74) is 1.68. The third kappa shape index (κ3) is 3.62. The number of amides is 1. The van der Waals surface area contributed by atoms with Crippen LogP contribution in [0.25, 0.3) is 5.69 Å². The van der Waals surface area contributed by atoms with Crippen LogP contribution in [-0.2, 0) is 4.79 Å². The molecule has 0 radical (unpaired) electrons. The van der Waals surface area contributed by atoms with Crippen molar-refractivity contribution in [1.29, 1.82) is 0 Å². The van der Waals surface area contributed by atoms with Crippen LogP contribution in [-0.4, -0.2) is 28.8 Å². The van der Waals surface area contributed by atoms with E-state index in [0.29, 0.717) is 0 Å². The van der Waals surface area contributed by atoms with Crippen LogP contribution in [0.4, 0.5) is 5.69 Å². The number of nitrogens with zero attached hydrogens (tertiary/aromatic N) is 2. The molecule has 1 unspecified atom stereocenters. The Bertz CT molecular complexity index is 579. The van der Waals surface area contributed by atoms with E-state index in [4.69, 9.17) is 0 Å². The summed E-state index contributed by atoms with van der Waals surface area (Å²) in [5.74, 6) is 0.131. The Kier molecular flexibility index (Phi) is 5.36. The minimum Gasteiger partial charge on any atom is -0.324 e. The molecule has 2 heterocycles. The molecule has 0 saturated carbocycles. The highest BCUT2D eigenvalue weighted by atomic mass is 35.5. The Morgan fingerprint density at radius 2 is 2.19 bits per heavy atom. The maximum atomic E-state index is 12.3. The lowest BCUT2D eigenvalue weighted by molar-refractivity contribution is -0.120. The molecular formula is C15H19ClN4O. The molecule has 3 rings (SSSR count). The lowest BCUT2D eigenvalue weighted by atomic mass is 9.99. The smallest absolute Gasteiger partial charge is 0.228 e. The van der Waals surface area contributed by atoms with Crippen LogP contribution in [0, 0.1) is 5.92 Å². The maximum Gasteiger partial charge on any atom is 0.228 e. The van der Waals surface area contributed by atoms with Gasteiger partial charge in [-0.2, -0.15) is 5.10 Å². The zero-order chi connectivity index (χ0) is 13.8. The van der Waals surface area contributed by atoms with Gasteiger partial charge in [0, 0.05) is 18.9 Å². The number of aromatic nitrogens is 2. The number of nitrogens with one attached hydrogen (secondary N) is 2. The number of rotatable bonds is 3. The summed E-state index contributed by atoms with van der Waals surface area (Å²) in [6.45, 7) is 1.77. The van der Waals surface area contributed by atoms with Gasteiger partial charge in [-0.3, -0.25) is 4.79 Å². The van der Waals surface area contributed by atoms with Gasteiger partial charge in [0.05, 0.1) is 17.3 Å². The summed E-state index contributed by atoms with van der Waals surface area (Å²) in [6.07, 6.45) is 5.60. The molecule has 1 saturated heterocycles.